The van der Waals surface area contributed by atoms with Crippen LogP contribution in [0.25, 0.3) is 0 Å². The van der Waals surface area contributed by atoms with E-state index in [1.807, 2.05) is 48.7 Å². The maximum absolute atomic E-state index is 14.1. The van der Waals surface area contributed by atoms with Crippen molar-refractivity contribution < 1.29 is 24.0 Å². The largest absolute Gasteiger partial charge is 0.462 e. The van der Waals surface area contributed by atoms with Gasteiger partial charge in [0.25, 0.3) is 5.91 Å². The van der Waals surface area contributed by atoms with Crippen molar-refractivity contribution in [2.45, 2.75) is 51.7 Å². The summed E-state index contributed by atoms with van der Waals surface area (Å²) in [6, 6.07) is 11.3. The minimum Gasteiger partial charge on any atom is -0.462 e. The molecule has 3 aromatic rings. The molecule has 2 fully saturated rings. The smallest absolute Gasteiger partial charge is 0.341 e. The third-order valence-electron chi connectivity index (χ3n) is 7.14. The third kappa shape index (κ3) is 3.52. The maximum atomic E-state index is 14.1. The Morgan fingerprint density at radius 2 is 1.92 bits per heavy atom. The van der Waals surface area contributed by atoms with Crippen molar-refractivity contribution in [1.82, 2.24) is 0 Å². The molecule has 1 aromatic carbocycles. The minimum atomic E-state index is -0.960. The number of ether oxygens (including phenoxy) is 1. The van der Waals surface area contributed by atoms with Gasteiger partial charge in [-0.25, -0.2) is 14.8 Å². The van der Waals surface area contributed by atoms with E-state index in [1.54, 1.807) is 12.0 Å². The Balaban J connectivity index is 1.44. The number of carbonyl (C=O) groups is 3. The number of carbonyl (C=O) groups excluding carboxylic acids is 3. The summed E-state index contributed by atoms with van der Waals surface area (Å²) in [6.07, 6.45) is 2.62. The lowest BCUT2D eigenvalue weighted by molar-refractivity contribution is -0.126. The monoisotopic (exact) mass is 522 g/mol. The maximum Gasteiger partial charge on any atom is 0.341 e. The summed E-state index contributed by atoms with van der Waals surface area (Å²) in [7, 11) is 0. The summed E-state index contributed by atoms with van der Waals surface area (Å²) in [6.45, 7) is 3.97. The molecule has 2 saturated heterocycles. The van der Waals surface area contributed by atoms with Crippen molar-refractivity contribution in [3.05, 3.63) is 68.2 Å². The van der Waals surface area contributed by atoms with Gasteiger partial charge in [-0.05, 0) is 68.2 Å². The van der Waals surface area contributed by atoms with Crippen LogP contribution in [0.15, 0.2) is 41.8 Å². The van der Waals surface area contributed by atoms with Gasteiger partial charge in [0.1, 0.15) is 17.0 Å². The van der Waals surface area contributed by atoms with Crippen LogP contribution in [-0.4, -0.2) is 30.5 Å². The van der Waals surface area contributed by atoms with E-state index >= 15 is 0 Å². The molecule has 0 N–H and O–H groups in total. The molecular weight excluding hydrogens is 496 g/mol. The molecule has 4 heterocycles. The van der Waals surface area contributed by atoms with Crippen LogP contribution in [0.5, 0.6) is 0 Å². The van der Waals surface area contributed by atoms with Crippen molar-refractivity contribution >= 4 is 51.1 Å². The number of aryl methyl sites for hydroxylation is 2. The predicted molar refractivity (Wildman–Crippen MR) is 138 cm³/mol. The number of hydrogen-bond donors (Lipinski definition) is 0. The molecule has 0 unspecified atom stereocenters. The average Bonchev–Trinajstić information content (AvgIpc) is 3.64. The molecule has 0 bridgehead atoms. The molecule has 36 heavy (non-hydrogen) atoms. The van der Waals surface area contributed by atoms with Gasteiger partial charge in [0, 0.05) is 9.75 Å². The highest BCUT2D eigenvalue weighted by molar-refractivity contribution is 7.17. The Labute approximate surface area is 217 Å². The minimum absolute atomic E-state index is 0.227. The highest BCUT2D eigenvalue weighted by atomic mass is 32.1. The van der Waals surface area contributed by atoms with Gasteiger partial charge in [-0.15, -0.1) is 22.7 Å². The number of hydrogen-bond acceptors (Lipinski definition) is 8. The summed E-state index contributed by atoms with van der Waals surface area (Å²) in [5.74, 6) is -1.94. The lowest BCUT2D eigenvalue weighted by atomic mass is 9.94. The molecule has 9 heteroatoms. The molecule has 2 aliphatic heterocycles. The molecular formula is C27H26N2O5S2. The molecule has 3 aliphatic rings. The van der Waals surface area contributed by atoms with Gasteiger partial charge in [0.15, 0.2) is 6.10 Å². The van der Waals surface area contributed by atoms with Gasteiger partial charge in [-0.2, -0.15) is 0 Å². The number of benzene rings is 1. The van der Waals surface area contributed by atoms with Crippen molar-refractivity contribution in [3.8, 4) is 0 Å². The van der Waals surface area contributed by atoms with Gasteiger partial charge in [-0.3, -0.25) is 14.4 Å². The van der Waals surface area contributed by atoms with Crippen molar-refractivity contribution in [3.63, 3.8) is 0 Å². The highest BCUT2D eigenvalue weighted by Crippen LogP contribution is 2.51. The Kier molecular flexibility index (Phi) is 5.94. The zero-order valence-electron chi connectivity index (χ0n) is 20.1. The number of fused-ring (bicyclic) bond motifs is 2. The highest BCUT2D eigenvalue weighted by Gasteiger charge is 2.61. The topological polar surface area (TPSA) is 76.2 Å². The van der Waals surface area contributed by atoms with E-state index in [4.69, 9.17) is 9.57 Å². The second-order valence-corrected chi connectivity index (χ2v) is 11.3. The number of nitrogens with zero attached hydrogens (tertiary/aromatic N) is 2. The van der Waals surface area contributed by atoms with Crippen LogP contribution in [0, 0.1) is 12.8 Å². The molecule has 0 radical (unpaired) electrons. The summed E-state index contributed by atoms with van der Waals surface area (Å²) in [4.78, 5) is 50.4. The fraction of sp³-hybridized carbons (Fsp3) is 0.370. The molecule has 0 spiro atoms. The zero-order valence-corrected chi connectivity index (χ0v) is 21.7. The van der Waals surface area contributed by atoms with E-state index in [1.165, 1.54) is 27.6 Å². The summed E-state index contributed by atoms with van der Waals surface area (Å²) >= 11 is 2.91. The summed E-state index contributed by atoms with van der Waals surface area (Å²) in [5, 5.41) is 4.08. The van der Waals surface area contributed by atoms with Crippen molar-refractivity contribution in [1.29, 1.82) is 0 Å². The van der Waals surface area contributed by atoms with Crippen LogP contribution < -0.4 is 9.96 Å². The Morgan fingerprint density at radius 1 is 1.11 bits per heavy atom. The number of imide groups is 1. The number of anilines is 2. The van der Waals surface area contributed by atoms with Crippen LogP contribution in [0.2, 0.25) is 0 Å². The van der Waals surface area contributed by atoms with Crippen LogP contribution in [0.1, 0.15) is 57.0 Å². The van der Waals surface area contributed by atoms with Crippen molar-refractivity contribution in [2.75, 3.05) is 16.6 Å². The van der Waals surface area contributed by atoms with E-state index in [0.29, 0.717) is 10.6 Å². The van der Waals surface area contributed by atoms with E-state index in [0.717, 1.165) is 52.3 Å². The third-order valence-corrected chi connectivity index (χ3v) is 9.36. The quantitative estimate of drug-likeness (QED) is 0.338. The molecule has 2 amide bonds. The van der Waals surface area contributed by atoms with Gasteiger partial charge in [0.2, 0.25) is 5.91 Å². The van der Waals surface area contributed by atoms with Gasteiger partial charge in [-0.1, -0.05) is 24.3 Å². The molecule has 6 rings (SSSR count). The number of hydroxylamine groups is 1. The first-order chi connectivity index (χ1) is 17.5. The van der Waals surface area contributed by atoms with E-state index in [9.17, 15) is 14.4 Å². The molecule has 186 valence electrons. The van der Waals surface area contributed by atoms with Gasteiger partial charge in [0.05, 0.1) is 17.9 Å². The summed E-state index contributed by atoms with van der Waals surface area (Å²) < 4.78 is 5.37. The number of amides is 2. The van der Waals surface area contributed by atoms with E-state index in [-0.39, 0.29) is 12.5 Å². The fourth-order valence-electron chi connectivity index (χ4n) is 5.51. The summed E-state index contributed by atoms with van der Waals surface area (Å²) in [5.41, 5.74) is 3.12. The second kappa shape index (κ2) is 9.14. The van der Waals surface area contributed by atoms with Crippen LogP contribution in [0.4, 0.5) is 10.7 Å². The fourth-order valence-corrected chi connectivity index (χ4v) is 7.75. The van der Waals surface area contributed by atoms with Crippen molar-refractivity contribution in [2.24, 2.45) is 5.92 Å². The number of esters is 1. The van der Waals surface area contributed by atoms with Crippen LogP contribution >= 0.6 is 22.7 Å². The normalized spacial score (nSPS) is 23.2. The Bertz CT molecular complexity index is 1350. The molecule has 0 saturated carbocycles. The number of rotatable bonds is 5. The Hall–Kier alpha value is -3.01. The van der Waals surface area contributed by atoms with E-state index in [2.05, 4.69) is 0 Å². The first kappa shape index (κ1) is 23.4. The van der Waals surface area contributed by atoms with Crippen LogP contribution in [-0.2, 0) is 32.0 Å². The molecule has 2 aromatic heterocycles. The van der Waals surface area contributed by atoms with E-state index < -0.39 is 29.9 Å². The molecule has 1 aliphatic carbocycles. The number of para-hydroxylation sites is 1. The van der Waals surface area contributed by atoms with Gasteiger partial charge < -0.3 is 4.74 Å². The standard InChI is InChI=1S/C27H26N2O5S2/c1-3-33-27(32)20-16-10-5-7-12-18(16)36-26(20)28-24(30)21-22(19-13-8-14-35-19)29(34-23(21)25(28)31)17-11-6-4-9-15(17)2/h4,6,8-9,11,13-14,21-23H,3,5,7,10,12H2,1-2H3/t21-,22-,23+/m0/s1. The van der Waals surface area contributed by atoms with Crippen LogP contribution in [0.3, 0.4) is 0 Å². The lowest BCUT2D eigenvalue weighted by Gasteiger charge is -2.28. The first-order valence-corrected chi connectivity index (χ1v) is 13.9. The first-order valence-electron chi connectivity index (χ1n) is 12.3. The SMILES string of the molecule is CCOC(=O)c1c(N2C(=O)[C@@H]3[C@@H](ON(c4ccccc4C)[C@H]3c3cccs3)C2=O)sc2c1CCCC2. The average molecular weight is 523 g/mol. The Morgan fingerprint density at radius 3 is 2.67 bits per heavy atom. The van der Waals surface area contributed by atoms with Gasteiger partial charge >= 0.3 is 5.97 Å². The second-order valence-electron chi connectivity index (χ2n) is 9.25. The molecule has 3 atom stereocenters. The molecule has 7 nitrogen and oxygen atoms in total. The number of thiophene rings is 2. The lowest BCUT2D eigenvalue weighted by Crippen LogP contribution is -2.37. The zero-order chi connectivity index (χ0) is 25.0. The predicted octanol–water partition coefficient (Wildman–Crippen LogP) is 5.22.